The summed E-state index contributed by atoms with van der Waals surface area (Å²) in [6, 6.07) is 9.99. The van der Waals surface area contributed by atoms with Crippen LogP contribution in [0.15, 0.2) is 53.5 Å². The zero-order valence-corrected chi connectivity index (χ0v) is 13.5. The monoisotopic (exact) mass is 323 g/mol. The minimum absolute atomic E-state index is 0.210. The molecule has 1 saturated heterocycles. The Morgan fingerprint density at radius 2 is 2.25 bits per heavy atom. The SMILES string of the molecule is Nc1nccc2cc(OC3CCCN(Cc4ccoc4)C3)ccc12. The molecule has 0 bridgehead atoms. The molecule has 5 nitrogen and oxygen atoms in total. The van der Waals surface area contributed by atoms with Crippen LogP contribution in [0, 0.1) is 0 Å². The van der Waals surface area contributed by atoms with Gasteiger partial charge in [-0.25, -0.2) is 4.98 Å². The van der Waals surface area contributed by atoms with Gasteiger partial charge in [-0.05, 0) is 55.1 Å². The Kier molecular flexibility index (Phi) is 4.09. The predicted molar refractivity (Wildman–Crippen MR) is 93.8 cm³/mol. The van der Waals surface area contributed by atoms with Crippen molar-refractivity contribution in [3.05, 3.63) is 54.6 Å². The summed E-state index contributed by atoms with van der Waals surface area (Å²) in [5, 5.41) is 2.03. The fourth-order valence-electron chi connectivity index (χ4n) is 3.34. The number of nitrogens with two attached hydrogens (primary N) is 1. The van der Waals surface area contributed by atoms with Gasteiger partial charge in [0.2, 0.25) is 0 Å². The number of fused-ring (bicyclic) bond motifs is 1. The van der Waals surface area contributed by atoms with Crippen LogP contribution >= 0.6 is 0 Å². The molecular weight excluding hydrogens is 302 g/mol. The molecule has 24 heavy (non-hydrogen) atoms. The molecule has 1 aromatic carbocycles. The third kappa shape index (κ3) is 3.21. The third-order valence-corrected chi connectivity index (χ3v) is 4.52. The van der Waals surface area contributed by atoms with Gasteiger partial charge >= 0.3 is 0 Å². The lowest BCUT2D eigenvalue weighted by atomic mass is 10.1. The smallest absolute Gasteiger partial charge is 0.131 e. The summed E-state index contributed by atoms with van der Waals surface area (Å²) < 4.78 is 11.4. The predicted octanol–water partition coefficient (Wildman–Crippen LogP) is 3.45. The van der Waals surface area contributed by atoms with Gasteiger partial charge < -0.3 is 14.9 Å². The number of pyridine rings is 1. The lowest BCUT2D eigenvalue weighted by Gasteiger charge is -2.32. The fraction of sp³-hybridized carbons (Fsp3) is 0.316. The number of hydrogen-bond donors (Lipinski definition) is 1. The lowest BCUT2D eigenvalue weighted by Crippen LogP contribution is -2.40. The molecule has 1 aliphatic rings. The summed E-state index contributed by atoms with van der Waals surface area (Å²) in [6.45, 7) is 2.95. The van der Waals surface area contributed by atoms with Crippen LogP contribution in [0.2, 0.25) is 0 Å². The second-order valence-electron chi connectivity index (χ2n) is 6.33. The van der Waals surface area contributed by atoms with Gasteiger partial charge in [0.05, 0.1) is 12.5 Å². The molecule has 4 rings (SSSR count). The highest BCUT2D eigenvalue weighted by atomic mass is 16.5. The van der Waals surface area contributed by atoms with Crippen LogP contribution < -0.4 is 10.5 Å². The largest absolute Gasteiger partial charge is 0.489 e. The molecule has 0 saturated carbocycles. The van der Waals surface area contributed by atoms with Gasteiger partial charge in [0.25, 0.3) is 0 Å². The van der Waals surface area contributed by atoms with Crippen molar-refractivity contribution in [2.24, 2.45) is 0 Å². The highest BCUT2D eigenvalue weighted by Gasteiger charge is 2.21. The first-order valence-electron chi connectivity index (χ1n) is 8.32. The Bertz CT molecular complexity index is 817. The standard InChI is InChI=1S/C19H21N3O2/c20-19-18-4-3-16(10-15(18)5-7-21-19)24-17-2-1-8-22(12-17)11-14-6-9-23-13-14/h3-7,9-10,13,17H,1-2,8,11-12H2,(H2,20,21). The Morgan fingerprint density at radius 1 is 1.29 bits per heavy atom. The zero-order valence-electron chi connectivity index (χ0n) is 13.5. The Morgan fingerprint density at radius 3 is 3.12 bits per heavy atom. The Balaban J connectivity index is 1.44. The van der Waals surface area contributed by atoms with Crippen molar-refractivity contribution >= 4 is 16.6 Å². The van der Waals surface area contributed by atoms with Crippen molar-refractivity contribution in [3.63, 3.8) is 0 Å². The number of anilines is 1. The molecular formula is C19H21N3O2. The minimum atomic E-state index is 0.210. The summed E-state index contributed by atoms with van der Waals surface area (Å²) in [5.74, 6) is 1.45. The van der Waals surface area contributed by atoms with E-state index < -0.39 is 0 Å². The van der Waals surface area contributed by atoms with Gasteiger partial charge in [-0.15, -0.1) is 0 Å². The molecule has 124 valence electrons. The van der Waals surface area contributed by atoms with Crippen molar-refractivity contribution in [2.45, 2.75) is 25.5 Å². The summed E-state index contributed by atoms with van der Waals surface area (Å²) in [5.41, 5.74) is 7.12. The van der Waals surface area contributed by atoms with Gasteiger partial charge in [0.1, 0.15) is 17.7 Å². The normalized spacial score (nSPS) is 18.8. The van der Waals surface area contributed by atoms with E-state index in [1.807, 2.05) is 36.6 Å². The second-order valence-corrected chi connectivity index (χ2v) is 6.33. The van der Waals surface area contributed by atoms with E-state index in [1.54, 1.807) is 12.5 Å². The van der Waals surface area contributed by atoms with Crippen molar-refractivity contribution in [1.29, 1.82) is 0 Å². The van der Waals surface area contributed by atoms with Crippen LogP contribution in [0.25, 0.3) is 10.8 Å². The van der Waals surface area contributed by atoms with E-state index in [-0.39, 0.29) is 6.10 Å². The van der Waals surface area contributed by atoms with Gasteiger partial charge in [-0.2, -0.15) is 0 Å². The van der Waals surface area contributed by atoms with E-state index >= 15 is 0 Å². The molecule has 3 heterocycles. The molecule has 1 fully saturated rings. The number of aromatic nitrogens is 1. The number of ether oxygens (including phenoxy) is 1. The number of piperidine rings is 1. The lowest BCUT2D eigenvalue weighted by molar-refractivity contribution is 0.0843. The van der Waals surface area contributed by atoms with Crippen LogP contribution in [0.3, 0.4) is 0 Å². The molecule has 3 aromatic rings. The molecule has 0 radical (unpaired) electrons. The molecule has 5 heteroatoms. The molecule has 1 aliphatic heterocycles. The van der Waals surface area contributed by atoms with E-state index in [1.165, 1.54) is 5.56 Å². The first kappa shape index (κ1) is 15.0. The topological polar surface area (TPSA) is 64.5 Å². The Labute approximate surface area is 141 Å². The first-order chi connectivity index (χ1) is 11.8. The number of likely N-dealkylation sites (tertiary alicyclic amines) is 1. The number of nitrogens with zero attached hydrogens (tertiary/aromatic N) is 2. The molecule has 0 amide bonds. The maximum Gasteiger partial charge on any atom is 0.131 e. The number of rotatable bonds is 4. The van der Waals surface area contributed by atoms with E-state index in [2.05, 4.69) is 9.88 Å². The van der Waals surface area contributed by atoms with Crippen LogP contribution in [-0.4, -0.2) is 29.1 Å². The van der Waals surface area contributed by atoms with Gasteiger partial charge in [0, 0.05) is 30.2 Å². The van der Waals surface area contributed by atoms with Crippen molar-refractivity contribution in [2.75, 3.05) is 18.8 Å². The fourth-order valence-corrected chi connectivity index (χ4v) is 3.34. The van der Waals surface area contributed by atoms with E-state index in [0.717, 1.165) is 49.0 Å². The molecule has 1 unspecified atom stereocenters. The summed E-state index contributed by atoms with van der Waals surface area (Å²) in [7, 11) is 0. The summed E-state index contributed by atoms with van der Waals surface area (Å²) >= 11 is 0. The van der Waals surface area contributed by atoms with Crippen LogP contribution in [0.1, 0.15) is 18.4 Å². The van der Waals surface area contributed by atoms with E-state index in [0.29, 0.717) is 5.82 Å². The molecule has 1 atom stereocenters. The highest BCUT2D eigenvalue weighted by Crippen LogP contribution is 2.26. The average Bonchev–Trinajstić information content (AvgIpc) is 3.08. The average molecular weight is 323 g/mol. The first-order valence-corrected chi connectivity index (χ1v) is 8.32. The van der Waals surface area contributed by atoms with Crippen molar-refractivity contribution in [3.8, 4) is 5.75 Å². The summed E-state index contributed by atoms with van der Waals surface area (Å²) in [6.07, 6.45) is 7.71. The number of furan rings is 1. The Hall–Kier alpha value is -2.53. The number of hydrogen-bond acceptors (Lipinski definition) is 5. The molecule has 2 aromatic heterocycles. The molecule has 0 spiro atoms. The second kappa shape index (κ2) is 6.53. The van der Waals surface area contributed by atoms with Crippen LogP contribution in [0.4, 0.5) is 5.82 Å². The maximum atomic E-state index is 6.23. The maximum absolute atomic E-state index is 6.23. The molecule has 2 N–H and O–H groups in total. The third-order valence-electron chi connectivity index (χ3n) is 4.52. The van der Waals surface area contributed by atoms with Crippen LogP contribution in [-0.2, 0) is 6.54 Å². The van der Waals surface area contributed by atoms with E-state index in [4.69, 9.17) is 14.9 Å². The molecule has 0 aliphatic carbocycles. The summed E-state index contributed by atoms with van der Waals surface area (Å²) in [4.78, 5) is 6.54. The quantitative estimate of drug-likeness (QED) is 0.796. The number of nitrogen functional groups attached to an aromatic ring is 1. The van der Waals surface area contributed by atoms with Gasteiger partial charge in [-0.1, -0.05) is 0 Å². The number of benzene rings is 1. The van der Waals surface area contributed by atoms with Gasteiger partial charge in [0.15, 0.2) is 0 Å². The van der Waals surface area contributed by atoms with Crippen molar-refractivity contribution < 1.29 is 9.15 Å². The van der Waals surface area contributed by atoms with Gasteiger partial charge in [-0.3, -0.25) is 4.90 Å². The van der Waals surface area contributed by atoms with E-state index in [9.17, 15) is 0 Å². The van der Waals surface area contributed by atoms with Crippen LogP contribution in [0.5, 0.6) is 5.75 Å². The highest BCUT2D eigenvalue weighted by molar-refractivity contribution is 5.91. The zero-order chi connectivity index (χ0) is 16.4. The minimum Gasteiger partial charge on any atom is -0.489 e. The van der Waals surface area contributed by atoms with Crippen molar-refractivity contribution in [1.82, 2.24) is 9.88 Å².